The van der Waals surface area contributed by atoms with Crippen molar-refractivity contribution in [2.24, 2.45) is 0 Å². The Balaban J connectivity index is 2.00. The van der Waals surface area contributed by atoms with Crippen LogP contribution in [0.3, 0.4) is 0 Å². The highest BCUT2D eigenvalue weighted by Gasteiger charge is 2.47. The molecule has 1 unspecified atom stereocenters. The van der Waals surface area contributed by atoms with Gasteiger partial charge in [-0.2, -0.15) is 0 Å². The van der Waals surface area contributed by atoms with Gasteiger partial charge in [0.05, 0.1) is 24.3 Å². The fourth-order valence-corrected chi connectivity index (χ4v) is 4.23. The normalized spacial score (nSPS) is 17.6. The van der Waals surface area contributed by atoms with E-state index in [2.05, 4.69) is 4.98 Å². The number of Topliss-reactive ketones (excluding diaryl/α,β-unsaturated/α-hetero) is 1. The summed E-state index contributed by atoms with van der Waals surface area (Å²) in [4.78, 5) is 31.9. The minimum Gasteiger partial charge on any atom is -0.507 e. The molecule has 1 N–H and O–H groups in total. The first-order valence-electron chi connectivity index (χ1n) is 9.95. The monoisotopic (exact) mass is 448 g/mol. The number of carbonyl (C=O) groups is 2. The van der Waals surface area contributed by atoms with Crippen molar-refractivity contribution in [1.29, 1.82) is 0 Å². The molecule has 0 aliphatic carbocycles. The van der Waals surface area contributed by atoms with Crippen molar-refractivity contribution in [2.75, 3.05) is 12.0 Å². The van der Waals surface area contributed by atoms with E-state index in [-0.39, 0.29) is 16.9 Å². The average Bonchev–Trinajstić information content (AvgIpc) is 3.04. The molecule has 0 saturated carbocycles. The van der Waals surface area contributed by atoms with E-state index in [1.54, 1.807) is 36.7 Å². The molecule has 1 atom stereocenters. The van der Waals surface area contributed by atoms with Crippen molar-refractivity contribution in [2.45, 2.75) is 19.9 Å². The van der Waals surface area contributed by atoms with Crippen LogP contribution in [0.25, 0.3) is 5.76 Å². The molecule has 2 aromatic carbocycles. The fraction of sp³-hybridized carbons (Fsp3) is 0.160. The molecule has 1 fully saturated rings. The molecule has 4 rings (SSSR count). The molecule has 0 radical (unpaired) electrons. The summed E-state index contributed by atoms with van der Waals surface area (Å²) in [7, 11) is 1.45. The summed E-state index contributed by atoms with van der Waals surface area (Å²) in [5.74, 6) is -1.53. The predicted molar refractivity (Wildman–Crippen MR) is 123 cm³/mol. The number of rotatable bonds is 4. The van der Waals surface area contributed by atoms with Crippen molar-refractivity contribution >= 4 is 34.7 Å². The molecule has 1 amide bonds. The van der Waals surface area contributed by atoms with Crippen LogP contribution >= 0.6 is 11.6 Å². The summed E-state index contributed by atoms with van der Waals surface area (Å²) in [5, 5.41) is 11.6. The van der Waals surface area contributed by atoms with Gasteiger partial charge >= 0.3 is 0 Å². The van der Waals surface area contributed by atoms with E-state index < -0.39 is 17.7 Å². The Morgan fingerprint density at radius 1 is 1.03 bits per heavy atom. The fourth-order valence-electron chi connectivity index (χ4n) is 4.06. The maximum Gasteiger partial charge on any atom is 0.300 e. The van der Waals surface area contributed by atoms with Gasteiger partial charge in [0, 0.05) is 23.1 Å². The van der Waals surface area contributed by atoms with Gasteiger partial charge in [0.2, 0.25) is 0 Å². The number of pyridine rings is 1. The van der Waals surface area contributed by atoms with Gasteiger partial charge in [0.1, 0.15) is 11.5 Å². The van der Waals surface area contributed by atoms with Gasteiger partial charge in [-0.15, -0.1) is 0 Å². The Morgan fingerprint density at radius 3 is 2.31 bits per heavy atom. The van der Waals surface area contributed by atoms with Crippen LogP contribution in [-0.4, -0.2) is 28.9 Å². The van der Waals surface area contributed by atoms with Crippen molar-refractivity contribution in [1.82, 2.24) is 4.98 Å². The van der Waals surface area contributed by atoms with Crippen molar-refractivity contribution < 1.29 is 19.4 Å². The molecule has 1 aromatic heterocycles. The Hall–Kier alpha value is -3.64. The molecule has 1 aliphatic rings. The summed E-state index contributed by atoms with van der Waals surface area (Å²) in [6, 6.07) is 13.0. The van der Waals surface area contributed by atoms with Gasteiger partial charge in [0.25, 0.3) is 11.7 Å². The summed E-state index contributed by atoms with van der Waals surface area (Å²) in [5.41, 5.74) is 3.31. The first kappa shape index (κ1) is 21.6. The highest BCUT2D eigenvalue weighted by Crippen LogP contribution is 2.43. The predicted octanol–water partition coefficient (Wildman–Crippen LogP) is 4.99. The lowest BCUT2D eigenvalue weighted by Gasteiger charge is -2.26. The molecule has 32 heavy (non-hydrogen) atoms. The zero-order valence-electron chi connectivity index (χ0n) is 17.8. The molecule has 6 nitrogen and oxygen atoms in total. The van der Waals surface area contributed by atoms with Crippen molar-refractivity contribution in [3.05, 3.63) is 93.8 Å². The van der Waals surface area contributed by atoms with Crippen LogP contribution in [0, 0.1) is 13.8 Å². The lowest BCUT2D eigenvalue weighted by atomic mass is 9.95. The van der Waals surface area contributed by atoms with Crippen molar-refractivity contribution in [3.63, 3.8) is 0 Å². The first-order chi connectivity index (χ1) is 15.3. The second-order valence-corrected chi connectivity index (χ2v) is 8.08. The molecular formula is C25H21ClN2O4. The number of hydrogen-bond donors (Lipinski definition) is 1. The zero-order chi connectivity index (χ0) is 23.0. The molecule has 0 spiro atoms. The second kappa shape index (κ2) is 8.48. The van der Waals surface area contributed by atoms with Crippen LogP contribution in [0.15, 0.2) is 66.5 Å². The van der Waals surface area contributed by atoms with E-state index in [0.29, 0.717) is 22.0 Å². The van der Waals surface area contributed by atoms with Gasteiger partial charge in [-0.05, 0) is 73.0 Å². The number of aliphatic hydroxyl groups is 1. The topological polar surface area (TPSA) is 79.7 Å². The number of amides is 1. The second-order valence-electron chi connectivity index (χ2n) is 7.64. The van der Waals surface area contributed by atoms with E-state index >= 15 is 0 Å². The van der Waals surface area contributed by atoms with E-state index in [9.17, 15) is 14.7 Å². The standard InChI is InChI=1S/C25H21ClN2O4/c1-14-10-15(2)12-18(11-14)28-22(16-6-8-27-9-7-16)21(24(30)25(28)31)23(29)19-13-17(26)4-5-20(19)32-3/h4-13,22,29H,1-3H3/b23-21+. The van der Waals surface area contributed by atoms with Gasteiger partial charge < -0.3 is 9.84 Å². The van der Waals surface area contributed by atoms with Gasteiger partial charge in [-0.1, -0.05) is 17.7 Å². The van der Waals surface area contributed by atoms with Crippen LogP contribution < -0.4 is 9.64 Å². The number of carbonyl (C=O) groups excluding carboxylic acids is 2. The molecule has 0 bridgehead atoms. The quantitative estimate of drug-likeness (QED) is 0.345. The number of aliphatic hydroxyl groups excluding tert-OH is 1. The summed E-state index contributed by atoms with van der Waals surface area (Å²) in [6.45, 7) is 3.84. The number of nitrogens with zero attached hydrogens (tertiary/aromatic N) is 2. The van der Waals surface area contributed by atoms with Crippen LogP contribution in [-0.2, 0) is 9.59 Å². The Kier molecular flexibility index (Phi) is 5.72. The van der Waals surface area contributed by atoms with Gasteiger partial charge in [-0.3, -0.25) is 19.5 Å². The van der Waals surface area contributed by atoms with E-state index in [1.807, 2.05) is 32.0 Å². The number of ether oxygens (including phenoxy) is 1. The van der Waals surface area contributed by atoms with E-state index in [1.165, 1.54) is 18.1 Å². The van der Waals surface area contributed by atoms with Crippen LogP contribution in [0.5, 0.6) is 5.75 Å². The lowest BCUT2D eigenvalue weighted by Crippen LogP contribution is -2.29. The van der Waals surface area contributed by atoms with Crippen LogP contribution in [0.1, 0.15) is 28.3 Å². The molecular weight excluding hydrogens is 428 g/mol. The zero-order valence-corrected chi connectivity index (χ0v) is 18.6. The molecule has 2 heterocycles. The number of aromatic nitrogens is 1. The number of aryl methyl sites for hydroxylation is 2. The maximum absolute atomic E-state index is 13.2. The van der Waals surface area contributed by atoms with Crippen molar-refractivity contribution in [3.8, 4) is 5.75 Å². The third-order valence-corrected chi connectivity index (χ3v) is 5.60. The number of hydrogen-bond acceptors (Lipinski definition) is 5. The average molecular weight is 449 g/mol. The number of benzene rings is 2. The Morgan fingerprint density at radius 2 is 1.69 bits per heavy atom. The number of anilines is 1. The molecule has 3 aromatic rings. The first-order valence-corrected chi connectivity index (χ1v) is 10.3. The minimum absolute atomic E-state index is 0.0408. The summed E-state index contributed by atoms with van der Waals surface area (Å²) < 4.78 is 5.35. The smallest absolute Gasteiger partial charge is 0.300 e. The Labute approximate surface area is 190 Å². The van der Waals surface area contributed by atoms with Crippen LogP contribution in [0.2, 0.25) is 5.02 Å². The molecule has 1 saturated heterocycles. The van der Waals surface area contributed by atoms with E-state index in [0.717, 1.165) is 11.1 Å². The maximum atomic E-state index is 13.2. The lowest BCUT2D eigenvalue weighted by molar-refractivity contribution is -0.132. The SMILES string of the molecule is COc1ccc(Cl)cc1/C(O)=C1\C(=O)C(=O)N(c2cc(C)cc(C)c2)C1c1ccncc1. The largest absolute Gasteiger partial charge is 0.507 e. The number of methoxy groups -OCH3 is 1. The van der Waals surface area contributed by atoms with Gasteiger partial charge in [0.15, 0.2) is 0 Å². The van der Waals surface area contributed by atoms with Crippen LogP contribution in [0.4, 0.5) is 5.69 Å². The molecule has 7 heteroatoms. The third-order valence-electron chi connectivity index (χ3n) is 5.37. The van der Waals surface area contributed by atoms with E-state index in [4.69, 9.17) is 16.3 Å². The van der Waals surface area contributed by atoms with Gasteiger partial charge in [-0.25, -0.2) is 0 Å². The number of halogens is 1. The third kappa shape index (κ3) is 3.74. The highest BCUT2D eigenvalue weighted by atomic mass is 35.5. The summed E-state index contributed by atoms with van der Waals surface area (Å²) in [6.07, 6.45) is 3.16. The Bertz CT molecular complexity index is 1230. The number of ketones is 1. The molecule has 1 aliphatic heterocycles. The minimum atomic E-state index is -0.845. The highest BCUT2D eigenvalue weighted by molar-refractivity contribution is 6.51. The molecule has 162 valence electrons. The summed E-state index contributed by atoms with van der Waals surface area (Å²) >= 11 is 6.14.